The molecule has 2 aromatic heterocycles. The van der Waals surface area contributed by atoms with Crippen LogP contribution in [-0.4, -0.2) is 42.2 Å². The van der Waals surface area contributed by atoms with Gasteiger partial charge in [0, 0.05) is 54.2 Å². The largest absolute Gasteiger partial charge is 0.378 e. The maximum absolute atomic E-state index is 12.4. The molecule has 3 aromatic rings. The van der Waals surface area contributed by atoms with Gasteiger partial charge in [-0.25, -0.2) is 4.98 Å². The Morgan fingerprint density at radius 2 is 2.11 bits per heavy atom. The van der Waals surface area contributed by atoms with Gasteiger partial charge < -0.3 is 15.0 Å². The summed E-state index contributed by atoms with van der Waals surface area (Å²) in [6, 6.07) is 11.9. The summed E-state index contributed by atoms with van der Waals surface area (Å²) in [4.78, 5) is 23.4. The number of hydrogen-bond donors (Lipinski definition) is 1. The van der Waals surface area contributed by atoms with Gasteiger partial charge in [-0.2, -0.15) is 0 Å². The predicted octanol–water partition coefficient (Wildman–Crippen LogP) is 3.61. The SMILES string of the molecule is O=C(CCc1csc(-c2cccnc2)n1)Nc1cccc(N2CCOCC2)c1. The van der Waals surface area contributed by atoms with Crippen molar-refractivity contribution in [1.29, 1.82) is 0 Å². The molecule has 1 saturated heterocycles. The van der Waals surface area contributed by atoms with E-state index in [0.29, 0.717) is 12.8 Å². The molecule has 0 radical (unpaired) electrons. The first-order valence-electron chi connectivity index (χ1n) is 9.35. The van der Waals surface area contributed by atoms with Crippen LogP contribution in [0.2, 0.25) is 0 Å². The Kier molecular flexibility index (Phi) is 5.94. The maximum atomic E-state index is 12.4. The highest BCUT2D eigenvalue weighted by Crippen LogP contribution is 2.24. The van der Waals surface area contributed by atoms with Crippen LogP contribution in [0.5, 0.6) is 0 Å². The van der Waals surface area contributed by atoms with Crippen LogP contribution in [0, 0.1) is 0 Å². The minimum absolute atomic E-state index is 0.00458. The Morgan fingerprint density at radius 3 is 2.93 bits per heavy atom. The molecule has 0 spiro atoms. The molecule has 0 saturated carbocycles. The van der Waals surface area contributed by atoms with Crippen LogP contribution in [0.15, 0.2) is 54.2 Å². The number of aryl methyl sites for hydroxylation is 1. The molecular weight excluding hydrogens is 372 g/mol. The second kappa shape index (κ2) is 8.95. The fraction of sp³-hybridized carbons (Fsp3) is 0.286. The number of nitrogens with zero attached hydrogens (tertiary/aromatic N) is 3. The van der Waals surface area contributed by atoms with Gasteiger partial charge in [0.15, 0.2) is 0 Å². The number of benzene rings is 1. The molecule has 1 N–H and O–H groups in total. The van der Waals surface area contributed by atoms with Crippen LogP contribution < -0.4 is 10.2 Å². The van der Waals surface area contributed by atoms with Gasteiger partial charge >= 0.3 is 0 Å². The average Bonchev–Trinajstić information content (AvgIpc) is 3.23. The molecule has 6 nitrogen and oxygen atoms in total. The number of ether oxygens (including phenoxy) is 1. The Balaban J connectivity index is 1.32. The van der Waals surface area contributed by atoms with Gasteiger partial charge in [0.1, 0.15) is 5.01 Å². The number of nitrogens with one attached hydrogen (secondary N) is 1. The van der Waals surface area contributed by atoms with Crippen LogP contribution in [-0.2, 0) is 16.0 Å². The number of carbonyl (C=O) groups is 1. The van der Waals surface area contributed by atoms with Crippen molar-refractivity contribution in [2.75, 3.05) is 36.5 Å². The van der Waals surface area contributed by atoms with E-state index in [1.54, 1.807) is 23.7 Å². The Bertz CT molecular complexity index is 923. The van der Waals surface area contributed by atoms with E-state index in [1.165, 1.54) is 0 Å². The normalized spacial score (nSPS) is 14.1. The number of morpholine rings is 1. The molecule has 1 fully saturated rings. The zero-order chi connectivity index (χ0) is 19.2. The molecular formula is C21H22N4O2S. The Morgan fingerprint density at radius 1 is 1.21 bits per heavy atom. The van der Waals surface area contributed by atoms with Crippen molar-refractivity contribution >= 4 is 28.6 Å². The summed E-state index contributed by atoms with van der Waals surface area (Å²) in [5.74, 6) is -0.00458. The van der Waals surface area contributed by atoms with E-state index < -0.39 is 0 Å². The van der Waals surface area contributed by atoms with Gasteiger partial charge in [-0.1, -0.05) is 6.07 Å². The van der Waals surface area contributed by atoms with E-state index in [-0.39, 0.29) is 5.91 Å². The first-order valence-corrected chi connectivity index (χ1v) is 10.2. The zero-order valence-electron chi connectivity index (χ0n) is 15.5. The van der Waals surface area contributed by atoms with E-state index in [1.807, 2.05) is 35.7 Å². The first-order chi connectivity index (χ1) is 13.8. The minimum atomic E-state index is -0.00458. The third-order valence-corrected chi connectivity index (χ3v) is 5.51. The van der Waals surface area contributed by atoms with Crippen molar-refractivity contribution in [2.24, 2.45) is 0 Å². The lowest BCUT2D eigenvalue weighted by atomic mass is 10.2. The van der Waals surface area contributed by atoms with E-state index in [2.05, 4.69) is 26.3 Å². The molecule has 1 aliphatic heterocycles. The summed E-state index contributed by atoms with van der Waals surface area (Å²) < 4.78 is 5.40. The summed E-state index contributed by atoms with van der Waals surface area (Å²) in [6.07, 6.45) is 4.57. The summed E-state index contributed by atoms with van der Waals surface area (Å²) in [5, 5.41) is 5.94. The fourth-order valence-electron chi connectivity index (χ4n) is 3.11. The predicted molar refractivity (Wildman–Crippen MR) is 112 cm³/mol. The Hall–Kier alpha value is -2.77. The summed E-state index contributed by atoms with van der Waals surface area (Å²) >= 11 is 1.58. The topological polar surface area (TPSA) is 67.4 Å². The van der Waals surface area contributed by atoms with E-state index in [0.717, 1.165) is 53.9 Å². The third-order valence-electron chi connectivity index (χ3n) is 4.57. The highest BCUT2D eigenvalue weighted by atomic mass is 32.1. The second-order valence-corrected chi connectivity index (χ2v) is 7.44. The number of aromatic nitrogens is 2. The number of hydrogen-bond acceptors (Lipinski definition) is 6. The van der Waals surface area contributed by atoms with Gasteiger partial charge in [-0.15, -0.1) is 11.3 Å². The van der Waals surface area contributed by atoms with Crippen molar-refractivity contribution in [3.05, 3.63) is 59.9 Å². The highest BCUT2D eigenvalue weighted by molar-refractivity contribution is 7.13. The maximum Gasteiger partial charge on any atom is 0.224 e. The minimum Gasteiger partial charge on any atom is -0.378 e. The fourth-order valence-corrected chi connectivity index (χ4v) is 3.96. The molecule has 0 aliphatic carbocycles. The van der Waals surface area contributed by atoms with Crippen LogP contribution in [0.3, 0.4) is 0 Å². The standard InChI is InChI=1S/C21H22N4O2S/c26-20(7-6-18-15-28-21(24-18)16-3-2-8-22-14-16)23-17-4-1-5-19(13-17)25-9-11-27-12-10-25/h1-5,8,13-15H,6-7,9-12H2,(H,23,26). The number of amides is 1. The molecule has 1 aromatic carbocycles. The number of anilines is 2. The van der Waals surface area contributed by atoms with E-state index in [4.69, 9.17) is 4.74 Å². The molecule has 4 rings (SSSR count). The zero-order valence-corrected chi connectivity index (χ0v) is 16.3. The molecule has 0 unspecified atom stereocenters. The van der Waals surface area contributed by atoms with Crippen molar-refractivity contribution in [3.8, 4) is 10.6 Å². The lowest BCUT2D eigenvalue weighted by Crippen LogP contribution is -2.36. The molecule has 28 heavy (non-hydrogen) atoms. The van der Waals surface area contributed by atoms with Gasteiger partial charge in [0.05, 0.1) is 18.9 Å². The average molecular weight is 395 g/mol. The Labute approximate surface area is 168 Å². The second-order valence-electron chi connectivity index (χ2n) is 6.58. The quantitative estimate of drug-likeness (QED) is 0.692. The van der Waals surface area contributed by atoms with Crippen LogP contribution in [0.4, 0.5) is 11.4 Å². The number of thiazole rings is 1. The lowest BCUT2D eigenvalue weighted by molar-refractivity contribution is -0.116. The number of carbonyl (C=O) groups excluding carboxylic acids is 1. The number of rotatable bonds is 6. The summed E-state index contributed by atoms with van der Waals surface area (Å²) in [7, 11) is 0. The van der Waals surface area contributed by atoms with Crippen molar-refractivity contribution in [2.45, 2.75) is 12.8 Å². The molecule has 0 atom stereocenters. The van der Waals surface area contributed by atoms with Gasteiger partial charge in [0.2, 0.25) is 5.91 Å². The summed E-state index contributed by atoms with van der Waals surface area (Å²) in [6.45, 7) is 3.23. The van der Waals surface area contributed by atoms with Crippen molar-refractivity contribution < 1.29 is 9.53 Å². The first kappa shape index (κ1) is 18.6. The van der Waals surface area contributed by atoms with E-state index in [9.17, 15) is 4.79 Å². The molecule has 7 heteroatoms. The molecule has 0 bridgehead atoms. The van der Waals surface area contributed by atoms with Gasteiger partial charge in [-0.05, 0) is 36.8 Å². The summed E-state index contributed by atoms with van der Waals surface area (Å²) in [5.41, 5.74) is 3.87. The van der Waals surface area contributed by atoms with Crippen LogP contribution in [0.25, 0.3) is 10.6 Å². The number of pyridine rings is 1. The highest BCUT2D eigenvalue weighted by Gasteiger charge is 2.12. The van der Waals surface area contributed by atoms with Crippen LogP contribution >= 0.6 is 11.3 Å². The van der Waals surface area contributed by atoms with Gasteiger partial charge in [-0.3, -0.25) is 9.78 Å². The van der Waals surface area contributed by atoms with Crippen molar-refractivity contribution in [1.82, 2.24) is 9.97 Å². The molecule has 1 amide bonds. The van der Waals surface area contributed by atoms with Crippen molar-refractivity contribution in [3.63, 3.8) is 0 Å². The van der Waals surface area contributed by atoms with E-state index >= 15 is 0 Å². The van der Waals surface area contributed by atoms with Crippen LogP contribution in [0.1, 0.15) is 12.1 Å². The monoisotopic (exact) mass is 394 g/mol. The molecule has 1 aliphatic rings. The third kappa shape index (κ3) is 4.74. The molecule has 144 valence electrons. The molecule has 3 heterocycles. The lowest BCUT2D eigenvalue weighted by Gasteiger charge is -2.29. The smallest absolute Gasteiger partial charge is 0.224 e. The van der Waals surface area contributed by atoms with Gasteiger partial charge in [0.25, 0.3) is 0 Å².